The van der Waals surface area contributed by atoms with Gasteiger partial charge in [-0.1, -0.05) is 6.07 Å². The van der Waals surface area contributed by atoms with E-state index in [1.165, 1.54) is 31.6 Å². The predicted molar refractivity (Wildman–Crippen MR) is 70.5 cm³/mol. The fourth-order valence-electron chi connectivity index (χ4n) is 1.81. The van der Waals surface area contributed by atoms with Crippen molar-refractivity contribution < 1.29 is 18.7 Å². The maximum atomic E-state index is 13.7. The van der Waals surface area contributed by atoms with E-state index in [-0.39, 0.29) is 11.3 Å². The van der Waals surface area contributed by atoms with Crippen LogP contribution >= 0.6 is 0 Å². The van der Waals surface area contributed by atoms with Crippen molar-refractivity contribution in [1.82, 2.24) is 4.98 Å². The molecule has 0 saturated heterocycles. The van der Waals surface area contributed by atoms with Crippen LogP contribution in [-0.4, -0.2) is 23.7 Å². The molecule has 0 aliphatic carbocycles. The molecule has 0 bridgehead atoms. The first-order valence-electron chi connectivity index (χ1n) is 5.92. The molecule has 0 saturated carbocycles. The van der Waals surface area contributed by atoms with Crippen LogP contribution in [0, 0.1) is 5.82 Å². The number of hydrogen-bond acceptors (Lipinski definition) is 4. The smallest absolute Gasteiger partial charge is 0.177 e. The number of Topliss-reactive ketones (excluding diaryl/α,β-unsaturated/α-hetero) is 2. The van der Waals surface area contributed by atoms with Crippen molar-refractivity contribution in [2.75, 3.05) is 7.11 Å². The molecule has 20 heavy (non-hydrogen) atoms. The fraction of sp³-hybridized carbons (Fsp3) is 0.133. The van der Waals surface area contributed by atoms with Gasteiger partial charge in [0, 0.05) is 18.0 Å². The summed E-state index contributed by atoms with van der Waals surface area (Å²) in [6.07, 6.45) is 2.47. The lowest BCUT2D eigenvalue weighted by molar-refractivity contribution is 0.0890. The summed E-state index contributed by atoms with van der Waals surface area (Å²) in [7, 11) is 1.34. The van der Waals surface area contributed by atoms with E-state index >= 15 is 0 Å². The fourth-order valence-corrected chi connectivity index (χ4v) is 1.81. The Morgan fingerprint density at radius 1 is 1.20 bits per heavy atom. The second kappa shape index (κ2) is 6.06. The molecule has 0 amide bonds. The van der Waals surface area contributed by atoms with E-state index in [2.05, 4.69) is 4.98 Å². The average Bonchev–Trinajstić information content (AvgIpc) is 2.47. The number of nitrogens with zero attached hydrogens (tertiary/aromatic N) is 1. The van der Waals surface area contributed by atoms with Crippen LogP contribution in [0.15, 0.2) is 42.7 Å². The molecule has 1 heterocycles. The van der Waals surface area contributed by atoms with Gasteiger partial charge in [-0.25, -0.2) is 4.39 Å². The van der Waals surface area contributed by atoms with Crippen LogP contribution in [0.5, 0.6) is 5.75 Å². The quantitative estimate of drug-likeness (QED) is 0.621. The lowest BCUT2D eigenvalue weighted by atomic mass is 10.0. The summed E-state index contributed by atoms with van der Waals surface area (Å²) >= 11 is 0. The number of pyridine rings is 1. The van der Waals surface area contributed by atoms with E-state index in [1.807, 2.05) is 0 Å². The maximum absolute atomic E-state index is 13.7. The third-order valence-electron chi connectivity index (χ3n) is 2.78. The van der Waals surface area contributed by atoms with Gasteiger partial charge in [0.1, 0.15) is 11.6 Å². The summed E-state index contributed by atoms with van der Waals surface area (Å²) in [5.41, 5.74) is 0.114. The van der Waals surface area contributed by atoms with Crippen LogP contribution in [0.3, 0.4) is 0 Å². The molecule has 102 valence electrons. The topological polar surface area (TPSA) is 56.3 Å². The Labute approximate surface area is 115 Å². The van der Waals surface area contributed by atoms with Crippen LogP contribution in [-0.2, 0) is 0 Å². The second-order valence-corrected chi connectivity index (χ2v) is 4.08. The molecule has 2 rings (SSSR count). The first-order chi connectivity index (χ1) is 9.63. The minimum atomic E-state index is -0.701. The van der Waals surface area contributed by atoms with Crippen LogP contribution in [0.25, 0.3) is 0 Å². The van der Waals surface area contributed by atoms with E-state index < -0.39 is 23.8 Å². The number of hydrogen-bond donors (Lipinski definition) is 0. The number of halogens is 1. The molecule has 0 N–H and O–H groups in total. The van der Waals surface area contributed by atoms with Crippen LogP contribution < -0.4 is 4.74 Å². The number of methoxy groups -OCH3 is 1. The molecule has 5 heteroatoms. The van der Waals surface area contributed by atoms with E-state index in [4.69, 9.17) is 4.74 Å². The van der Waals surface area contributed by atoms with Gasteiger partial charge in [-0.15, -0.1) is 0 Å². The number of carbonyl (C=O) groups is 2. The minimum Gasteiger partial charge on any atom is -0.496 e. The Morgan fingerprint density at radius 3 is 2.65 bits per heavy atom. The number of rotatable bonds is 5. The van der Waals surface area contributed by atoms with Gasteiger partial charge in [0.25, 0.3) is 0 Å². The third-order valence-corrected chi connectivity index (χ3v) is 2.78. The first-order valence-corrected chi connectivity index (χ1v) is 5.92. The van der Waals surface area contributed by atoms with Gasteiger partial charge < -0.3 is 4.74 Å². The molecule has 0 aliphatic rings. The second-order valence-electron chi connectivity index (χ2n) is 4.08. The molecule has 2 aromatic rings. The van der Waals surface area contributed by atoms with Crippen LogP contribution in [0.1, 0.15) is 27.1 Å². The van der Waals surface area contributed by atoms with Gasteiger partial charge in [-0.05, 0) is 24.3 Å². The molecular weight excluding hydrogens is 261 g/mol. The lowest BCUT2D eigenvalue weighted by Crippen LogP contribution is -2.11. The van der Waals surface area contributed by atoms with Gasteiger partial charge in [-0.2, -0.15) is 0 Å². The van der Waals surface area contributed by atoms with Gasteiger partial charge in [0.15, 0.2) is 11.6 Å². The van der Waals surface area contributed by atoms with Crippen LogP contribution in [0.2, 0.25) is 0 Å². The summed E-state index contributed by atoms with van der Waals surface area (Å²) < 4.78 is 18.7. The van der Waals surface area contributed by atoms with Crippen molar-refractivity contribution in [3.05, 3.63) is 59.7 Å². The Bertz CT molecular complexity index is 641. The first kappa shape index (κ1) is 13.9. The molecule has 0 fully saturated rings. The molecule has 1 aromatic carbocycles. The molecule has 4 nitrogen and oxygen atoms in total. The van der Waals surface area contributed by atoms with Gasteiger partial charge in [0.05, 0.1) is 19.1 Å². The third kappa shape index (κ3) is 2.88. The molecular formula is C15H12FNO3. The van der Waals surface area contributed by atoms with E-state index in [9.17, 15) is 14.0 Å². The van der Waals surface area contributed by atoms with E-state index in [0.29, 0.717) is 5.56 Å². The van der Waals surface area contributed by atoms with Crippen molar-refractivity contribution in [1.29, 1.82) is 0 Å². The molecule has 0 atom stereocenters. The number of carbonyl (C=O) groups excluding carboxylic acids is 2. The van der Waals surface area contributed by atoms with Crippen molar-refractivity contribution in [3.8, 4) is 5.75 Å². The molecule has 0 spiro atoms. The van der Waals surface area contributed by atoms with Gasteiger partial charge in [0.2, 0.25) is 0 Å². The van der Waals surface area contributed by atoms with Gasteiger partial charge in [-0.3, -0.25) is 14.6 Å². The SMILES string of the molecule is COc1cccc(F)c1C(=O)CC(=O)c1cccnc1. The zero-order chi connectivity index (χ0) is 14.5. The summed E-state index contributed by atoms with van der Waals surface area (Å²) in [6, 6.07) is 7.23. The summed E-state index contributed by atoms with van der Waals surface area (Å²) in [6.45, 7) is 0. The maximum Gasteiger partial charge on any atom is 0.177 e. The Morgan fingerprint density at radius 2 is 2.00 bits per heavy atom. The largest absolute Gasteiger partial charge is 0.496 e. The van der Waals surface area contributed by atoms with Crippen molar-refractivity contribution in [2.45, 2.75) is 6.42 Å². The number of benzene rings is 1. The highest BCUT2D eigenvalue weighted by Crippen LogP contribution is 2.23. The standard InChI is InChI=1S/C15H12FNO3/c1-20-14-6-2-5-11(16)15(14)13(19)8-12(18)10-4-3-7-17-9-10/h2-7,9H,8H2,1H3. The normalized spacial score (nSPS) is 10.1. The average molecular weight is 273 g/mol. The van der Waals surface area contributed by atoms with Crippen molar-refractivity contribution >= 4 is 11.6 Å². The zero-order valence-corrected chi connectivity index (χ0v) is 10.8. The number of ether oxygens (including phenoxy) is 1. The highest BCUT2D eigenvalue weighted by molar-refractivity contribution is 6.14. The Kier molecular flexibility index (Phi) is 4.20. The lowest BCUT2D eigenvalue weighted by Gasteiger charge is -2.08. The highest BCUT2D eigenvalue weighted by Gasteiger charge is 2.20. The van der Waals surface area contributed by atoms with Crippen molar-refractivity contribution in [2.24, 2.45) is 0 Å². The predicted octanol–water partition coefficient (Wildman–Crippen LogP) is 2.69. The highest BCUT2D eigenvalue weighted by atomic mass is 19.1. The molecule has 0 unspecified atom stereocenters. The van der Waals surface area contributed by atoms with E-state index in [0.717, 1.165) is 6.07 Å². The monoisotopic (exact) mass is 273 g/mol. The van der Waals surface area contributed by atoms with Gasteiger partial charge >= 0.3 is 0 Å². The summed E-state index contributed by atoms with van der Waals surface area (Å²) in [5, 5.41) is 0. The molecule has 1 aromatic heterocycles. The van der Waals surface area contributed by atoms with E-state index in [1.54, 1.807) is 12.1 Å². The molecule has 0 aliphatic heterocycles. The zero-order valence-electron chi connectivity index (χ0n) is 10.8. The number of ketones is 2. The molecule has 0 radical (unpaired) electrons. The van der Waals surface area contributed by atoms with Crippen LogP contribution in [0.4, 0.5) is 4.39 Å². The summed E-state index contributed by atoms with van der Waals surface area (Å²) in [5.74, 6) is -1.61. The van der Waals surface area contributed by atoms with Crippen molar-refractivity contribution in [3.63, 3.8) is 0 Å². The minimum absolute atomic E-state index is 0.119. The Hall–Kier alpha value is -2.56. The Balaban J connectivity index is 2.23. The summed E-state index contributed by atoms with van der Waals surface area (Å²) in [4.78, 5) is 27.8. The number of aromatic nitrogens is 1.